The lowest BCUT2D eigenvalue weighted by Crippen LogP contribution is -2.08. The molecule has 0 aliphatic heterocycles. The van der Waals surface area contributed by atoms with Crippen molar-refractivity contribution in [2.75, 3.05) is 38.6 Å². The predicted molar refractivity (Wildman–Crippen MR) is 107 cm³/mol. The van der Waals surface area contributed by atoms with Crippen molar-refractivity contribution in [3.8, 4) is 5.88 Å². The van der Waals surface area contributed by atoms with Crippen LogP contribution >= 0.6 is 15.6 Å². The third-order valence-electron chi connectivity index (χ3n) is 3.87. The van der Waals surface area contributed by atoms with Gasteiger partial charge in [0.15, 0.2) is 11.2 Å². The van der Waals surface area contributed by atoms with Gasteiger partial charge in [0, 0.05) is 13.7 Å². The van der Waals surface area contributed by atoms with E-state index in [9.17, 15) is 9.13 Å². The first-order valence-electron chi connectivity index (χ1n) is 9.10. The second kappa shape index (κ2) is 11.6. The number of nitrogen functional groups attached to an aromatic ring is 1. The van der Waals surface area contributed by atoms with Crippen molar-refractivity contribution in [2.24, 2.45) is 0 Å². The van der Waals surface area contributed by atoms with Crippen LogP contribution in [0.5, 0.6) is 5.88 Å². The minimum atomic E-state index is -4.29. The van der Waals surface area contributed by atoms with Gasteiger partial charge in [-0.05, 0) is 12.8 Å². The van der Waals surface area contributed by atoms with Crippen LogP contribution in [0, 0.1) is 0 Å². The Hall–Kier alpha value is -1.55. The third kappa shape index (κ3) is 8.38. The van der Waals surface area contributed by atoms with Crippen molar-refractivity contribution in [3.63, 3.8) is 0 Å². The smallest absolute Gasteiger partial charge is 0.334 e. The Balaban J connectivity index is 1.75. The van der Waals surface area contributed by atoms with Gasteiger partial charge < -0.3 is 34.1 Å². The molecule has 2 aromatic rings. The molecule has 12 nitrogen and oxygen atoms in total. The molecule has 1 atom stereocenters. The molecule has 1 unspecified atom stereocenters. The van der Waals surface area contributed by atoms with Crippen LogP contribution < -0.4 is 10.5 Å². The monoisotopic (exact) mass is 451 g/mol. The average Bonchev–Trinajstić information content (AvgIpc) is 3.02. The van der Waals surface area contributed by atoms with E-state index in [0.717, 1.165) is 19.3 Å². The van der Waals surface area contributed by atoms with Gasteiger partial charge in [0.05, 0.1) is 19.5 Å². The highest BCUT2D eigenvalue weighted by atomic mass is 31.2. The molecule has 2 heterocycles. The number of hydrogen-bond donors (Lipinski definition) is 3. The molecule has 0 radical (unpaired) electrons. The van der Waals surface area contributed by atoms with Gasteiger partial charge in [-0.1, -0.05) is 12.8 Å². The molecule has 0 aromatic carbocycles. The third-order valence-corrected chi connectivity index (χ3v) is 7.07. The van der Waals surface area contributed by atoms with Gasteiger partial charge in [0.1, 0.15) is 12.5 Å². The number of fused-ring (bicyclic) bond motifs is 1. The number of methoxy groups -OCH3 is 1. The van der Waals surface area contributed by atoms with Crippen LogP contribution in [0.1, 0.15) is 25.7 Å². The molecule has 2 aromatic heterocycles. The largest absolute Gasteiger partial charge is 0.474 e. The zero-order valence-electron chi connectivity index (χ0n) is 16.2. The molecule has 164 valence electrons. The van der Waals surface area contributed by atoms with Crippen LogP contribution in [-0.4, -0.2) is 62.1 Å². The summed E-state index contributed by atoms with van der Waals surface area (Å²) >= 11 is 0. The summed E-state index contributed by atoms with van der Waals surface area (Å²) in [5.41, 5.74) is 6.91. The second-order valence-corrected chi connectivity index (χ2v) is 9.92. The molecule has 0 bridgehead atoms. The number of anilines is 1. The van der Waals surface area contributed by atoms with Gasteiger partial charge in [-0.25, -0.2) is 4.98 Å². The van der Waals surface area contributed by atoms with E-state index >= 15 is 0 Å². The average molecular weight is 451 g/mol. The summed E-state index contributed by atoms with van der Waals surface area (Å²) in [6.07, 6.45) is 4.90. The van der Waals surface area contributed by atoms with Gasteiger partial charge >= 0.3 is 7.60 Å². The molecule has 0 aliphatic rings. The molecule has 0 spiro atoms. The predicted octanol–water partition coefficient (Wildman–Crippen LogP) is 1.62. The second-order valence-electron chi connectivity index (χ2n) is 6.30. The van der Waals surface area contributed by atoms with Gasteiger partial charge in [-0.3, -0.25) is 9.13 Å². The van der Waals surface area contributed by atoms with Crippen LogP contribution in [0.3, 0.4) is 0 Å². The van der Waals surface area contributed by atoms with E-state index in [2.05, 4.69) is 15.0 Å². The number of unbranched alkanes of at least 4 members (excludes halogenated alkanes) is 3. The van der Waals surface area contributed by atoms with Crippen molar-refractivity contribution in [2.45, 2.75) is 32.2 Å². The zero-order chi connectivity index (χ0) is 21.3. The molecule has 2 rings (SSSR count). The summed E-state index contributed by atoms with van der Waals surface area (Å²) in [6, 6.07) is 0. The zero-order valence-corrected chi connectivity index (χ0v) is 18.1. The molecule has 0 saturated carbocycles. The minimum Gasteiger partial charge on any atom is -0.474 e. The number of aromatic nitrogens is 4. The fraction of sp³-hybridized carbons (Fsp3) is 0.667. The quantitative estimate of drug-likeness (QED) is 0.281. The number of nitrogens with zero attached hydrogens (tertiary/aromatic N) is 4. The van der Waals surface area contributed by atoms with E-state index in [1.807, 2.05) is 4.57 Å². The number of imidazole rings is 1. The van der Waals surface area contributed by atoms with Crippen molar-refractivity contribution in [1.82, 2.24) is 19.5 Å². The highest BCUT2D eigenvalue weighted by Gasteiger charge is 2.18. The van der Waals surface area contributed by atoms with Crippen molar-refractivity contribution in [3.05, 3.63) is 6.33 Å². The molecule has 0 aliphatic carbocycles. The number of ether oxygens (including phenoxy) is 2. The minimum absolute atomic E-state index is 0.106. The molecule has 0 saturated heterocycles. The molecule has 29 heavy (non-hydrogen) atoms. The Morgan fingerprint density at radius 1 is 1.17 bits per heavy atom. The van der Waals surface area contributed by atoms with Crippen LogP contribution in [0.15, 0.2) is 6.33 Å². The maximum atomic E-state index is 11.4. The molecule has 0 amide bonds. The van der Waals surface area contributed by atoms with Crippen LogP contribution in [0.4, 0.5) is 5.95 Å². The molecule has 0 fully saturated rings. The Kier molecular flexibility index (Phi) is 9.48. The van der Waals surface area contributed by atoms with Gasteiger partial charge in [0.25, 0.3) is 0 Å². The van der Waals surface area contributed by atoms with E-state index in [1.165, 1.54) is 0 Å². The molecular formula is C15H27N5O7P2. The first-order chi connectivity index (χ1) is 13.8. The molecule has 14 heteroatoms. The first kappa shape index (κ1) is 23.7. The summed E-state index contributed by atoms with van der Waals surface area (Å²) in [7, 11) is -5.39. The number of rotatable bonds is 14. The van der Waals surface area contributed by atoms with E-state index in [4.69, 9.17) is 29.5 Å². The lowest BCUT2D eigenvalue weighted by Gasteiger charge is -2.08. The highest BCUT2D eigenvalue weighted by molar-refractivity contribution is 7.64. The Bertz CT molecular complexity index is 857. The topological polar surface area (TPSA) is 172 Å². The lowest BCUT2D eigenvalue weighted by atomic mass is 10.2. The molecular weight excluding hydrogens is 424 g/mol. The summed E-state index contributed by atoms with van der Waals surface area (Å²) in [4.78, 5) is 30.1. The maximum Gasteiger partial charge on any atom is 0.334 e. The van der Waals surface area contributed by atoms with Gasteiger partial charge in [0.2, 0.25) is 19.9 Å². The fourth-order valence-corrected chi connectivity index (χ4v) is 4.64. The maximum absolute atomic E-state index is 11.4. The Labute approximate surface area is 168 Å². The van der Waals surface area contributed by atoms with Crippen LogP contribution in [-0.2, 0) is 24.9 Å². The first-order valence-corrected chi connectivity index (χ1v) is 12.4. The number of aryl methyl sites for hydroxylation is 1. The van der Waals surface area contributed by atoms with Crippen molar-refractivity contribution in [1.29, 1.82) is 0 Å². The van der Waals surface area contributed by atoms with Gasteiger partial charge in [-0.2, -0.15) is 9.97 Å². The normalized spacial score (nSPS) is 13.1. The van der Waals surface area contributed by atoms with Crippen LogP contribution in [0.25, 0.3) is 11.2 Å². The standard InChI is InChI=1S/C15H27N5O7P2/c1-25-8-9-26-14-12-13(18-15(16)19-14)20(10-17-12)6-4-2-3-5-7-27-28(21)11-29(22,23)24/h10,28H,2-9,11H2,1H3,(H2,16,18,19)(H2,22,23,24). The fourth-order valence-electron chi connectivity index (χ4n) is 2.56. The van der Waals surface area contributed by atoms with Crippen LogP contribution in [0.2, 0.25) is 0 Å². The Morgan fingerprint density at radius 3 is 2.66 bits per heavy atom. The van der Waals surface area contributed by atoms with Crippen molar-refractivity contribution >= 4 is 32.7 Å². The van der Waals surface area contributed by atoms with E-state index < -0.39 is 21.5 Å². The molecule has 4 N–H and O–H groups in total. The summed E-state index contributed by atoms with van der Waals surface area (Å²) < 4.78 is 39.5. The van der Waals surface area contributed by atoms with Crippen molar-refractivity contribution < 1.29 is 32.9 Å². The summed E-state index contributed by atoms with van der Waals surface area (Å²) in [5, 5.41) is 0. The SMILES string of the molecule is COCCOc1nc(N)nc2c1ncn2CCCCCCO[PH](=O)CP(=O)(O)O. The van der Waals surface area contributed by atoms with E-state index in [0.29, 0.717) is 43.2 Å². The lowest BCUT2D eigenvalue weighted by molar-refractivity contribution is 0.144. The summed E-state index contributed by atoms with van der Waals surface area (Å²) in [6.45, 7) is 1.65. The van der Waals surface area contributed by atoms with E-state index in [1.54, 1.807) is 13.4 Å². The highest BCUT2D eigenvalue weighted by Crippen LogP contribution is 2.45. The van der Waals surface area contributed by atoms with Gasteiger partial charge in [-0.15, -0.1) is 0 Å². The van der Waals surface area contributed by atoms with E-state index in [-0.39, 0.29) is 12.6 Å². The Morgan fingerprint density at radius 2 is 1.93 bits per heavy atom. The number of hydrogen-bond acceptors (Lipinski definition) is 9. The number of nitrogens with two attached hydrogens (primary N) is 1. The summed E-state index contributed by atoms with van der Waals surface area (Å²) in [5.74, 6) is -0.270.